The first-order valence-corrected chi connectivity index (χ1v) is 8.28. The van der Waals surface area contributed by atoms with Gasteiger partial charge in [-0.2, -0.15) is 5.10 Å². The molecule has 1 fully saturated rings. The van der Waals surface area contributed by atoms with Crippen LogP contribution in [-0.2, 0) is 19.4 Å². The number of carbonyl (C=O) groups excluding carboxylic acids is 1. The number of sulfone groups is 1. The van der Waals surface area contributed by atoms with Crippen LogP contribution in [0.3, 0.4) is 0 Å². The predicted molar refractivity (Wildman–Crippen MR) is 72.0 cm³/mol. The molecule has 0 aromatic rings. The maximum absolute atomic E-state index is 12.4. The normalized spacial score (nSPS) is 32.5. The first kappa shape index (κ1) is 15.0. The van der Waals surface area contributed by atoms with Crippen LogP contribution in [0.5, 0.6) is 0 Å². The van der Waals surface area contributed by atoms with Gasteiger partial charge in [-0.15, -0.1) is 0 Å². The van der Waals surface area contributed by atoms with E-state index in [1.165, 1.54) is 5.01 Å². The lowest BCUT2D eigenvalue weighted by Gasteiger charge is -2.31. The second kappa shape index (κ2) is 4.83. The van der Waals surface area contributed by atoms with E-state index in [9.17, 15) is 18.0 Å². The second-order valence-electron chi connectivity index (χ2n) is 5.72. The predicted octanol–water partition coefficient (Wildman–Crippen LogP) is 0.263. The minimum absolute atomic E-state index is 0.0572. The van der Waals surface area contributed by atoms with E-state index in [-0.39, 0.29) is 30.3 Å². The monoisotopic (exact) mass is 302 g/mol. The molecule has 1 N–H and O–H groups in total. The third kappa shape index (κ3) is 2.70. The number of nitrogens with zero attached hydrogens (tertiary/aromatic N) is 2. The molecule has 112 valence electrons. The van der Waals surface area contributed by atoms with Gasteiger partial charge in [-0.25, -0.2) is 13.4 Å². The largest absolute Gasteiger partial charge is 0.481 e. The summed E-state index contributed by atoms with van der Waals surface area (Å²) in [7, 11) is -3.13. The first-order valence-electron chi connectivity index (χ1n) is 6.46. The van der Waals surface area contributed by atoms with Gasteiger partial charge in [0.2, 0.25) is 0 Å². The van der Waals surface area contributed by atoms with Gasteiger partial charge in [0, 0.05) is 12.1 Å². The maximum Gasteiger partial charge on any atom is 0.303 e. The molecule has 1 amide bonds. The summed E-state index contributed by atoms with van der Waals surface area (Å²) in [5.74, 6) is -1.83. The number of carboxylic acids is 1. The van der Waals surface area contributed by atoms with Gasteiger partial charge in [-0.05, 0) is 26.7 Å². The fourth-order valence-corrected chi connectivity index (χ4v) is 4.86. The summed E-state index contributed by atoms with van der Waals surface area (Å²) in [6.45, 7) is 3.39. The Bertz CT molecular complexity index is 583. The minimum atomic E-state index is -3.13. The molecule has 0 saturated carbocycles. The van der Waals surface area contributed by atoms with Gasteiger partial charge in [0.05, 0.1) is 23.0 Å². The summed E-state index contributed by atoms with van der Waals surface area (Å²) >= 11 is 0. The molecule has 1 saturated heterocycles. The Morgan fingerprint density at radius 1 is 1.55 bits per heavy atom. The van der Waals surface area contributed by atoms with E-state index in [2.05, 4.69) is 5.10 Å². The maximum atomic E-state index is 12.4. The van der Waals surface area contributed by atoms with Crippen LogP contribution in [0.2, 0.25) is 0 Å². The van der Waals surface area contributed by atoms with E-state index >= 15 is 0 Å². The summed E-state index contributed by atoms with van der Waals surface area (Å²) in [4.78, 5) is 23.0. The van der Waals surface area contributed by atoms with Crippen molar-refractivity contribution in [3.63, 3.8) is 0 Å². The highest BCUT2D eigenvalue weighted by atomic mass is 32.2. The van der Waals surface area contributed by atoms with Gasteiger partial charge in [0.15, 0.2) is 9.84 Å². The Balaban J connectivity index is 2.16. The third-order valence-electron chi connectivity index (χ3n) is 3.91. The Hall–Kier alpha value is -1.44. The lowest BCUT2D eigenvalue weighted by atomic mass is 9.95. The third-order valence-corrected chi connectivity index (χ3v) is 5.80. The quantitative estimate of drug-likeness (QED) is 0.802. The molecule has 20 heavy (non-hydrogen) atoms. The van der Waals surface area contributed by atoms with Crippen LogP contribution in [-0.4, -0.2) is 53.2 Å². The molecule has 0 bridgehead atoms. The Labute approximate surface area is 117 Å². The van der Waals surface area contributed by atoms with Crippen LogP contribution in [0.4, 0.5) is 0 Å². The average molecular weight is 302 g/mol. The Kier molecular flexibility index (Phi) is 3.62. The molecule has 2 atom stereocenters. The fourth-order valence-electron chi connectivity index (χ4n) is 2.75. The summed E-state index contributed by atoms with van der Waals surface area (Å²) in [5.41, 5.74) is -0.253. The molecular weight excluding hydrogens is 284 g/mol. The second-order valence-corrected chi connectivity index (χ2v) is 7.90. The van der Waals surface area contributed by atoms with Crippen molar-refractivity contribution in [2.45, 2.75) is 38.6 Å². The summed E-state index contributed by atoms with van der Waals surface area (Å²) in [6.07, 6.45) is 0.457. The zero-order chi connectivity index (χ0) is 15.1. The molecule has 7 nitrogen and oxygen atoms in total. The minimum Gasteiger partial charge on any atom is -0.481 e. The molecule has 0 aliphatic carbocycles. The van der Waals surface area contributed by atoms with Gasteiger partial charge in [0.1, 0.15) is 0 Å². The Morgan fingerprint density at radius 2 is 2.20 bits per heavy atom. The number of carboxylic acid groups (broad SMARTS) is 1. The SMILES string of the molecule is CC1=NN(C2(C)CCS(=O)(=O)C2)C(=O)C1CCC(=O)O. The number of amides is 1. The molecule has 2 rings (SSSR count). The molecule has 0 spiro atoms. The van der Waals surface area contributed by atoms with Gasteiger partial charge in [-0.1, -0.05) is 0 Å². The number of rotatable bonds is 4. The molecule has 8 heteroatoms. The van der Waals surface area contributed by atoms with Crippen LogP contribution in [0.1, 0.15) is 33.1 Å². The van der Waals surface area contributed by atoms with Crippen molar-refractivity contribution in [1.29, 1.82) is 0 Å². The summed E-state index contributed by atoms with van der Waals surface area (Å²) < 4.78 is 23.2. The molecular formula is C12H18N2O5S. The van der Waals surface area contributed by atoms with E-state index in [1.54, 1.807) is 13.8 Å². The number of aliphatic carboxylic acids is 1. The van der Waals surface area contributed by atoms with Crippen molar-refractivity contribution in [2.24, 2.45) is 11.0 Å². The molecule has 0 aromatic carbocycles. The fraction of sp³-hybridized carbons (Fsp3) is 0.750. The average Bonchev–Trinajstić information content (AvgIpc) is 2.75. The zero-order valence-electron chi connectivity index (χ0n) is 11.5. The summed E-state index contributed by atoms with van der Waals surface area (Å²) in [6, 6.07) is 0. The molecule has 0 aromatic heterocycles. The van der Waals surface area contributed by atoms with E-state index in [0.29, 0.717) is 12.1 Å². The Morgan fingerprint density at radius 3 is 2.70 bits per heavy atom. The van der Waals surface area contributed by atoms with Crippen molar-refractivity contribution >= 4 is 27.4 Å². The van der Waals surface area contributed by atoms with Crippen LogP contribution in [0.25, 0.3) is 0 Å². The van der Waals surface area contributed by atoms with Crippen LogP contribution in [0.15, 0.2) is 5.10 Å². The van der Waals surface area contributed by atoms with Gasteiger partial charge in [-0.3, -0.25) is 9.59 Å². The highest BCUT2D eigenvalue weighted by Gasteiger charge is 2.49. The van der Waals surface area contributed by atoms with Crippen molar-refractivity contribution in [1.82, 2.24) is 5.01 Å². The van der Waals surface area contributed by atoms with Crippen molar-refractivity contribution in [2.75, 3.05) is 11.5 Å². The van der Waals surface area contributed by atoms with E-state index in [0.717, 1.165) is 0 Å². The lowest BCUT2D eigenvalue weighted by Crippen LogP contribution is -2.47. The number of hydrazone groups is 1. The van der Waals surface area contributed by atoms with E-state index in [4.69, 9.17) is 5.11 Å². The molecule has 2 aliphatic rings. The standard InChI is InChI=1S/C12H18N2O5S/c1-8-9(3-4-10(15)16)11(17)14(13-8)12(2)5-6-20(18,19)7-12/h9H,3-7H2,1-2H3,(H,15,16). The highest BCUT2D eigenvalue weighted by molar-refractivity contribution is 7.91. The van der Waals surface area contributed by atoms with Gasteiger partial charge < -0.3 is 5.11 Å². The van der Waals surface area contributed by atoms with E-state index in [1.807, 2.05) is 0 Å². The zero-order valence-corrected chi connectivity index (χ0v) is 12.3. The number of hydrogen-bond donors (Lipinski definition) is 1. The van der Waals surface area contributed by atoms with Gasteiger partial charge >= 0.3 is 5.97 Å². The van der Waals surface area contributed by atoms with Crippen molar-refractivity contribution < 1.29 is 23.1 Å². The molecule has 0 radical (unpaired) electrons. The van der Waals surface area contributed by atoms with Crippen LogP contribution in [0, 0.1) is 5.92 Å². The van der Waals surface area contributed by atoms with Crippen LogP contribution >= 0.6 is 0 Å². The van der Waals surface area contributed by atoms with Crippen molar-refractivity contribution in [3.05, 3.63) is 0 Å². The first-order chi connectivity index (χ1) is 9.15. The number of carbonyl (C=O) groups is 2. The van der Waals surface area contributed by atoms with Gasteiger partial charge in [0.25, 0.3) is 5.91 Å². The molecule has 2 unspecified atom stereocenters. The lowest BCUT2D eigenvalue weighted by molar-refractivity contribution is -0.138. The van der Waals surface area contributed by atoms with E-state index < -0.39 is 27.3 Å². The smallest absolute Gasteiger partial charge is 0.303 e. The number of hydrogen-bond acceptors (Lipinski definition) is 5. The molecule has 2 aliphatic heterocycles. The molecule has 2 heterocycles. The summed E-state index contributed by atoms with van der Waals surface area (Å²) in [5, 5.41) is 14.2. The van der Waals surface area contributed by atoms with Crippen molar-refractivity contribution in [3.8, 4) is 0 Å². The van der Waals surface area contributed by atoms with Crippen LogP contribution < -0.4 is 0 Å². The topological polar surface area (TPSA) is 104 Å². The highest BCUT2D eigenvalue weighted by Crippen LogP contribution is 2.34.